The molecule has 1 unspecified atom stereocenters. The van der Waals surface area contributed by atoms with Gasteiger partial charge in [0.2, 0.25) is 0 Å². The van der Waals surface area contributed by atoms with Gasteiger partial charge in [-0.25, -0.2) is 4.98 Å². The van der Waals surface area contributed by atoms with E-state index >= 15 is 0 Å². The van der Waals surface area contributed by atoms with Crippen molar-refractivity contribution in [2.75, 3.05) is 6.54 Å². The van der Waals surface area contributed by atoms with E-state index < -0.39 is 0 Å². The summed E-state index contributed by atoms with van der Waals surface area (Å²) in [5.41, 5.74) is 7.80. The molecule has 0 saturated carbocycles. The number of carbonyl (C=O) groups excluding carboxylic acids is 1. The monoisotopic (exact) mass is 313 g/mol. The molecule has 0 aliphatic carbocycles. The standard InChI is InChI=1S/C11H19N3OS.2ClH/c1-7(2)11(4,5-12)14-10(15)9-8(3)13-6-16-9;;/h6-7H,5,12H2,1-4H3,(H,14,15);2*1H. The Balaban J connectivity index is 0. The van der Waals surface area contributed by atoms with Crippen molar-refractivity contribution in [3.63, 3.8) is 0 Å². The third kappa shape index (κ3) is 4.39. The fraction of sp³-hybridized carbons (Fsp3) is 0.636. The number of nitrogens with zero attached hydrogens (tertiary/aromatic N) is 1. The van der Waals surface area contributed by atoms with Gasteiger partial charge in [-0.15, -0.1) is 36.2 Å². The first-order chi connectivity index (χ1) is 7.40. The van der Waals surface area contributed by atoms with E-state index in [1.165, 1.54) is 11.3 Å². The van der Waals surface area contributed by atoms with Crippen molar-refractivity contribution in [1.29, 1.82) is 0 Å². The van der Waals surface area contributed by atoms with Crippen LogP contribution in [0.4, 0.5) is 0 Å². The Bertz CT molecular complexity index is 384. The van der Waals surface area contributed by atoms with Crippen molar-refractivity contribution in [3.05, 3.63) is 16.1 Å². The lowest BCUT2D eigenvalue weighted by molar-refractivity contribution is 0.0886. The third-order valence-electron chi connectivity index (χ3n) is 3.05. The molecule has 3 N–H and O–H groups in total. The van der Waals surface area contributed by atoms with Gasteiger partial charge in [0.25, 0.3) is 5.91 Å². The van der Waals surface area contributed by atoms with Crippen LogP contribution in [0.1, 0.15) is 36.1 Å². The summed E-state index contributed by atoms with van der Waals surface area (Å²) < 4.78 is 0. The molecule has 0 radical (unpaired) electrons. The zero-order valence-corrected chi connectivity index (χ0v) is 13.5. The summed E-state index contributed by atoms with van der Waals surface area (Å²) in [6, 6.07) is 0. The van der Waals surface area contributed by atoms with Crippen LogP contribution in [0.2, 0.25) is 0 Å². The molecular formula is C11H21Cl2N3OS. The van der Waals surface area contributed by atoms with E-state index in [0.717, 1.165) is 5.69 Å². The smallest absolute Gasteiger partial charge is 0.263 e. The molecule has 0 aliphatic rings. The topological polar surface area (TPSA) is 68.0 Å². The normalized spacial score (nSPS) is 13.2. The molecule has 0 fully saturated rings. The number of hydrogen-bond acceptors (Lipinski definition) is 4. The second-order valence-corrected chi connectivity index (χ2v) is 5.35. The Morgan fingerprint density at radius 1 is 1.56 bits per heavy atom. The van der Waals surface area contributed by atoms with E-state index in [9.17, 15) is 4.79 Å². The third-order valence-corrected chi connectivity index (χ3v) is 3.98. The first-order valence-corrected chi connectivity index (χ1v) is 6.21. The Kier molecular flexibility index (Phi) is 8.81. The second kappa shape index (κ2) is 7.94. The molecule has 0 saturated heterocycles. The average molecular weight is 314 g/mol. The van der Waals surface area contributed by atoms with Crippen molar-refractivity contribution in [3.8, 4) is 0 Å². The Morgan fingerprint density at radius 2 is 2.11 bits per heavy atom. The van der Waals surface area contributed by atoms with Gasteiger partial charge in [0.15, 0.2) is 0 Å². The lowest BCUT2D eigenvalue weighted by Crippen LogP contribution is -2.54. The molecule has 18 heavy (non-hydrogen) atoms. The van der Waals surface area contributed by atoms with Crippen LogP contribution in [0.3, 0.4) is 0 Å². The highest BCUT2D eigenvalue weighted by Gasteiger charge is 2.29. The minimum atomic E-state index is -0.368. The highest BCUT2D eigenvalue weighted by atomic mass is 35.5. The van der Waals surface area contributed by atoms with E-state index in [-0.39, 0.29) is 42.2 Å². The number of nitrogens with one attached hydrogen (secondary N) is 1. The maximum Gasteiger partial charge on any atom is 0.263 e. The molecule has 0 spiro atoms. The molecule has 1 atom stereocenters. The van der Waals surface area contributed by atoms with Crippen molar-refractivity contribution in [1.82, 2.24) is 10.3 Å². The number of aryl methyl sites for hydroxylation is 1. The second-order valence-electron chi connectivity index (χ2n) is 4.50. The van der Waals surface area contributed by atoms with Gasteiger partial charge in [-0.05, 0) is 19.8 Å². The zero-order valence-electron chi connectivity index (χ0n) is 11.0. The average Bonchev–Trinajstić information content (AvgIpc) is 2.64. The van der Waals surface area contributed by atoms with Crippen LogP contribution in [0, 0.1) is 12.8 Å². The zero-order chi connectivity index (χ0) is 12.3. The van der Waals surface area contributed by atoms with E-state index in [0.29, 0.717) is 11.4 Å². The first kappa shape index (κ1) is 20.0. The van der Waals surface area contributed by atoms with Crippen LogP contribution >= 0.6 is 36.2 Å². The van der Waals surface area contributed by atoms with E-state index in [1.54, 1.807) is 5.51 Å². The van der Waals surface area contributed by atoms with Crippen LogP contribution in [0.25, 0.3) is 0 Å². The van der Waals surface area contributed by atoms with Crippen molar-refractivity contribution < 1.29 is 4.79 Å². The molecule has 1 aromatic rings. The molecule has 106 valence electrons. The van der Waals surface area contributed by atoms with E-state index in [1.807, 2.05) is 27.7 Å². The van der Waals surface area contributed by atoms with Crippen molar-refractivity contribution in [2.24, 2.45) is 11.7 Å². The molecule has 0 aromatic carbocycles. The number of nitrogens with two attached hydrogens (primary N) is 1. The van der Waals surface area contributed by atoms with Crippen LogP contribution in [0.15, 0.2) is 5.51 Å². The molecule has 1 heterocycles. The quantitative estimate of drug-likeness (QED) is 0.897. The summed E-state index contributed by atoms with van der Waals surface area (Å²) >= 11 is 1.36. The van der Waals surface area contributed by atoms with Crippen molar-refractivity contribution in [2.45, 2.75) is 33.2 Å². The first-order valence-electron chi connectivity index (χ1n) is 5.33. The van der Waals surface area contributed by atoms with Gasteiger partial charge in [0.05, 0.1) is 16.7 Å². The molecular weight excluding hydrogens is 293 g/mol. The van der Waals surface area contributed by atoms with Crippen LogP contribution in [-0.4, -0.2) is 23.0 Å². The van der Waals surface area contributed by atoms with Crippen LogP contribution in [-0.2, 0) is 0 Å². The van der Waals surface area contributed by atoms with Gasteiger partial charge >= 0.3 is 0 Å². The predicted octanol–water partition coefficient (Wildman–Crippen LogP) is 2.40. The number of halogens is 2. The fourth-order valence-electron chi connectivity index (χ4n) is 1.27. The molecule has 1 rings (SSSR count). The number of aromatic nitrogens is 1. The molecule has 0 aliphatic heterocycles. The number of amides is 1. The summed E-state index contributed by atoms with van der Waals surface area (Å²) in [7, 11) is 0. The van der Waals surface area contributed by atoms with E-state index in [2.05, 4.69) is 10.3 Å². The predicted molar refractivity (Wildman–Crippen MR) is 81.1 cm³/mol. The summed E-state index contributed by atoms with van der Waals surface area (Å²) in [5, 5.41) is 2.99. The summed E-state index contributed by atoms with van der Waals surface area (Å²) in [6.45, 7) is 8.32. The van der Waals surface area contributed by atoms with Crippen LogP contribution in [0.5, 0.6) is 0 Å². The highest BCUT2D eigenvalue weighted by Crippen LogP contribution is 2.18. The largest absolute Gasteiger partial charge is 0.345 e. The lowest BCUT2D eigenvalue weighted by Gasteiger charge is -2.33. The molecule has 7 heteroatoms. The Morgan fingerprint density at radius 3 is 2.44 bits per heavy atom. The molecule has 0 bridgehead atoms. The minimum absolute atomic E-state index is 0. The van der Waals surface area contributed by atoms with Gasteiger partial charge in [-0.1, -0.05) is 13.8 Å². The lowest BCUT2D eigenvalue weighted by atomic mass is 9.88. The summed E-state index contributed by atoms with van der Waals surface area (Å²) in [4.78, 5) is 16.7. The molecule has 1 aromatic heterocycles. The van der Waals surface area contributed by atoms with E-state index in [4.69, 9.17) is 5.73 Å². The van der Waals surface area contributed by atoms with Gasteiger partial charge in [0, 0.05) is 6.54 Å². The highest BCUT2D eigenvalue weighted by molar-refractivity contribution is 7.11. The Labute approximate surface area is 125 Å². The number of thiazole rings is 1. The molecule has 4 nitrogen and oxygen atoms in total. The SMILES string of the molecule is Cc1ncsc1C(=O)NC(C)(CN)C(C)C.Cl.Cl. The number of hydrogen-bond donors (Lipinski definition) is 2. The van der Waals surface area contributed by atoms with Gasteiger partial charge in [-0.2, -0.15) is 0 Å². The molecule has 1 amide bonds. The summed E-state index contributed by atoms with van der Waals surface area (Å²) in [6.07, 6.45) is 0. The van der Waals surface area contributed by atoms with Gasteiger partial charge in [-0.3, -0.25) is 4.79 Å². The number of carbonyl (C=O) groups is 1. The maximum atomic E-state index is 12.0. The summed E-state index contributed by atoms with van der Waals surface area (Å²) in [5.74, 6) is 0.205. The Hall–Kier alpha value is -0.360. The van der Waals surface area contributed by atoms with Gasteiger partial charge in [0.1, 0.15) is 4.88 Å². The fourth-order valence-corrected chi connectivity index (χ4v) is 1.96. The number of rotatable bonds is 4. The van der Waals surface area contributed by atoms with Gasteiger partial charge < -0.3 is 11.1 Å². The van der Waals surface area contributed by atoms with Crippen LogP contribution < -0.4 is 11.1 Å². The minimum Gasteiger partial charge on any atom is -0.345 e. The maximum absolute atomic E-state index is 12.0. The van der Waals surface area contributed by atoms with Crippen molar-refractivity contribution >= 4 is 42.1 Å².